The lowest BCUT2D eigenvalue weighted by Gasteiger charge is -2.13. The van der Waals surface area contributed by atoms with E-state index in [9.17, 15) is 4.79 Å². The Bertz CT molecular complexity index is 834. The number of para-hydroxylation sites is 1. The average molecular weight is 312 g/mol. The Kier molecular flexibility index (Phi) is 4.10. The predicted octanol–water partition coefficient (Wildman–Crippen LogP) is 1.83. The summed E-state index contributed by atoms with van der Waals surface area (Å²) < 4.78 is 3.48. The van der Waals surface area contributed by atoms with Gasteiger partial charge in [0.2, 0.25) is 5.91 Å². The number of nitrogens with zero attached hydrogens (tertiary/aromatic N) is 5. The molecule has 0 saturated heterocycles. The van der Waals surface area contributed by atoms with E-state index < -0.39 is 0 Å². The minimum absolute atomic E-state index is 0.0995. The molecule has 23 heavy (non-hydrogen) atoms. The third-order valence-corrected chi connectivity index (χ3v) is 3.87. The van der Waals surface area contributed by atoms with Gasteiger partial charge in [-0.05, 0) is 32.9 Å². The number of hydrogen-bond acceptors (Lipinski definition) is 4. The quantitative estimate of drug-likeness (QED) is 0.779. The number of carbonyl (C=O) groups is 1. The number of nitrogens with one attached hydrogen (secondary N) is 1. The van der Waals surface area contributed by atoms with Crippen LogP contribution in [0.3, 0.4) is 0 Å². The molecule has 1 unspecified atom stereocenters. The summed E-state index contributed by atoms with van der Waals surface area (Å²) in [5.41, 5.74) is 3.60. The number of carbonyl (C=O) groups excluding carboxylic acids is 1. The van der Waals surface area contributed by atoms with Crippen LogP contribution in [0.1, 0.15) is 31.1 Å². The first kappa shape index (κ1) is 15.2. The van der Waals surface area contributed by atoms with Gasteiger partial charge in [0, 0.05) is 18.3 Å². The minimum Gasteiger partial charge on any atom is -0.348 e. The Morgan fingerprint density at radius 1 is 1.35 bits per heavy atom. The number of aromatic nitrogens is 5. The largest absolute Gasteiger partial charge is 0.348 e. The van der Waals surface area contributed by atoms with Gasteiger partial charge >= 0.3 is 0 Å². The van der Waals surface area contributed by atoms with E-state index in [0.717, 1.165) is 28.8 Å². The van der Waals surface area contributed by atoms with Crippen LogP contribution in [0.25, 0.3) is 11.0 Å². The number of aryl methyl sites for hydroxylation is 2. The second-order valence-electron chi connectivity index (χ2n) is 5.55. The standard InChI is InChI=1S/C16H20N6O/c1-4-21-9-13(12(3)19-21)11(2)17-16(23)10-22-15-8-6-5-7-14(15)18-20-22/h5-9,11H,4,10H2,1-3H3,(H,17,23). The van der Waals surface area contributed by atoms with Crippen molar-refractivity contribution in [2.24, 2.45) is 0 Å². The van der Waals surface area contributed by atoms with E-state index in [-0.39, 0.29) is 18.5 Å². The zero-order valence-corrected chi connectivity index (χ0v) is 13.5. The fourth-order valence-electron chi connectivity index (χ4n) is 2.66. The molecule has 120 valence electrons. The SMILES string of the molecule is CCn1cc(C(C)NC(=O)Cn2nnc3ccccc32)c(C)n1. The van der Waals surface area contributed by atoms with Crippen molar-refractivity contribution in [1.29, 1.82) is 0 Å². The normalized spacial score (nSPS) is 12.5. The zero-order chi connectivity index (χ0) is 16.4. The van der Waals surface area contributed by atoms with E-state index in [1.165, 1.54) is 0 Å². The number of amides is 1. The molecule has 2 aromatic heterocycles. The molecule has 2 heterocycles. The van der Waals surface area contributed by atoms with Crippen LogP contribution in [0, 0.1) is 6.92 Å². The first-order chi connectivity index (χ1) is 11.1. The van der Waals surface area contributed by atoms with Crippen molar-refractivity contribution >= 4 is 16.9 Å². The summed E-state index contributed by atoms with van der Waals surface area (Å²) in [4.78, 5) is 12.3. The Morgan fingerprint density at radius 2 is 2.13 bits per heavy atom. The van der Waals surface area contributed by atoms with E-state index in [1.54, 1.807) is 4.68 Å². The highest BCUT2D eigenvalue weighted by Gasteiger charge is 2.16. The summed E-state index contributed by atoms with van der Waals surface area (Å²) in [6.45, 7) is 6.91. The lowest BCUT2D eigenvalue weighted by molar-refractivity contribution is -0.122. The van der Waals surface area contributed by atoms with Crippen LogP contribution in [0.4, 0.5) is 0 Å². The molecule has 1 amide bonds. The van der Waals surface area contributed by atoms with Crippen LogP contribution in [0.15, 0.2) is 30.5 Å². The molecular weight excluding hydrogens is 292 g/mol. The molecule has 0 aliphatic rings. The highest BCUT2D eigenvalue weighted by molar-refractivity contribution is 5.80. The molecule has 0 fully saturated rings. The molecule has 0 aliphatic carbocycles. The van der Waals surface area contributed by atoms with Crippen LogP contribution >= 0.6 is 0 Å². The molecule has 1 aromatic carbocycles. The van der Waals surface area contributed by atoms with E-state index in [0.29, 0.717) is 0 Å². The lowest BCUT2D eigenvalue weighted by atomic mass is 10.1. The molecule has 7 nitrogen and oxygen atoms in total. The third-order valence-electron chi connectivity index (χ3n) is 3.87. The van der Waals surface area contributed by atoms with E-state index in [4.69, 9.17) is 0 Å². The molecular formula is C16H20N6O. The van der Waals surface area contributed by atoms with Gasteiger partial charge in [-0.3, -0.25) is 9.48 Å². The molecule has 3 rings (SSSR count). The smallest absolute Gasteiger partial charge is 0.242 e. The van der Waals surface area contributed by atoms with Crippen molar-refractivity contribution in [3.8, 4) is 0 Å². The van der Waals surface area contributed by atoms with Gasteiger partial charge in [0.15, 0.2) is 0 Å². The number of benzene rings is 1. The summed E-state index contributed by atoms with van der Waals surface area (Å²) in [6, 6.07) is 7.49. The minimum atomic E-state index is -0.100. The van der Waals surface area contributed by atoms with Crippen LogP contribution in [0.5, 0.6) is 0 Å². The van der Waals surface area contributed by atoms with Gasteiger partial charge < -0.3 is 5.32 Å². The van der Waals surface area contributed by atoms with Crippen molar-refractivity contribution in [2.75, 3.05) is 0 Å². The number of fused-ring (bicyclic) bond motifs is 1. The molecule has 0 spiro atoms. The van der Waals surface area contributed by atoms with Gasteiger partial charge in [-0.1, -0.05) is 17.3 Å². The Morgan fingerprint density at radius 3 is 2.87 bits per heavy atom. The Labute approximate surface area is 134 Å². The lowest BCUT2D eigenvalue weighted by Crippen LogP contribution is -2.30. The Balaban J connectivity index is 1.70. The zero-order valence-electron chi connectivity index (χ0n) is 13.5. The fourth-order valence-corrected chi connectivity index (χ4v) is 2.66. The summed E-state index contributed by atoms with van der Waals surface area (Å²) in [7, 11) is 0. The predicted molar refractivity (Wildman–Crippen MR) is 86.7 cm³/mol. The Hall–Kier alpha value is -2.70. The first-order valence-electron chi connectivity index (χ1n) is 7.70. The van der Waals surface area contributed by atoms with Crippen molar-refractivity contribution < 1.29 is 4.79 Å². The van der Waals surface area contributed by atoms with Gasteiger partial charge in [-0.15, -0.1) is 5.10 Å². The van der Waals surface area contributed by atoms with Crippen LogP contribution < -0.4 is 5.32 Å². The maximum Gasteiger partial charge on any atom is 0.242 e. The maximum atomic E-state index is 12.3. The van der Waals surface area contributed by atoms with Gasteiger partial charge in [-0.2, -0.15) is 5.10 Å². The van der Waals surface area contributed by atoms with Crippen LogP contribution in [-0.2, 0) is 17.9 Å². The van der Waals surface area contributed by atoms with Crippen LogP contribution in [0.2, 0.25) is 0 Å². The fraction of sp³-hybridized carbons (Fsp3) is 0.375. The van der Waals surface area contributed by atoms with Crippen molar-refractivity contribution in [3.63, 3.8) is 0 Å². The number of rotatable bonds is 5. The highest BCUT2D eigenvalue weighted by atomic mass is 16.2. The van der Waals surface area contributed by atoms with Gasteiger partial charge in [0.1, 0.15) is 12.1 Å². The molecule has 7 heteroatoms. The molecule has 0 aliphatic heterocycles. The maximum absolute atomic E-state index is 12.3. The van der Waals surface area contributed by atoms with Crippen LogP contribution in [-0.4, -0.2) is 30.7 Å². The van der Waals surface area contributed by atoms with Gasteiger partial charge in [-0.25, -0.2) is 4.68 Å². The molecule has 0 saturated carbocycles. The summed E-state index contributed by atoms with van der Waals surface area (Å²) >= 11 is 0. The molecule has 1 atom stereocenters. The molecule has 0 radical (unpaired) electrons. The second kappa shape index (κ2) is 6.20. The molecule has 0 bridgehead atoms. The van der Waals surface area contributed by atoms with E-state index in [2.05, 4.69) is 20.7 Å². The average Bonchev–Trinajstić information content (AvgIpc) is 3.11. The van der Waals surface area contributed by atoms with Gasteiger partial charge in [0.05, 0.1) is 17.3 Å². The molecule has 3 aromatic rings. The summed E-state index contributed by atoms with van der Waals surface area (Å²) in [5, 5.41) is 15.5. The van der Waals surface area contributed by atoms with E-state index >= 15 is 0 Å². The van der Waals surface area contributed by atoms with Crippen molar-refractivity contribution in [1.82, 2.24) is 30.1 Å². The first-order valence-corrected chi connectivity index (χ1v) is 7.70. The van der Waals surface area contributed by atoms with E-state index in [1.807, 2.05) is 55.9 Å². The monoisotopic (exact) mass is 312 g/mol. The van der Waals surface area contributed by atoms with Gasteiger partial charge in [0.25, 0.3) is 0 Å². The third kappa shape index (κ3) is 3.08. The molecule has 1 N–H and O–H groups in total. The topological polar surface area (TPSA) is 77.6 Å². The summed E-state index contributed by atoms with van der Waals surface area (Å²) in [6.07, 6.45) is 1.98. The highest BCUT2D eigenvalue weighted by Crippen LogP contribution is 2.16. The van der Waals surface area contributed by atoms with Crippen molar-refractivity contribution in [2.45, 2.75) is 39.9 Å². The summed E-state index contributed by atoms with van der Waals surface area (Å²) in [5.74, 6) is -0.100. The van der Waals surface area contributed by atoms with Crippen molar-refractivity contribution in [3.05, 3.63) is 41.7 Å². The number of hydrogen-bond donors (Lipinski definition) is 1. The second-order valence-corrected chi connectivity index (χ2v) is 5.55.